The van der Waals surface area contributed by atoms with Gasteiger partial charge in [-0.05, 0) is 23.8 Å². The number of amides is 1. The van der Waals surface area contributed by atoms with E-state index in [1.54, 1.807) is 4.90 Å². The molecule has 0 unspecified atom stereocenters. The molecule has 2 aromatic carbocycles. The first-order valence-electron chi connectivity index (χ1n) is 7.08. The van der Waals surface area contributed by atoms with Gasteiger partial charge in [-0.2, -0.15) is 0 Å². The van der Waals surface area contributed by atoms with Crippen LogP contribution in [0.2, 0.25) is 0 Å². The third-order valence-electron chi connectivity index (χ3n) is 3.41. The Kier molecular flexibility index (Phi) is 4.63. The molecule has 1 aliphatic heterocycles. The average Bonchev–Trinajstić information content (AvgIpc) is 2.49. The summed E-state index contributed by atoms with van der Waals surface area (Å²) >= 11 is 3.41. The molecule has 0 aliphatic carbocycles. The van der Waals surface area contributed by atoms with Crippen LogP contribution in [0.15, 0.2) is 59.1 Å². The van der Waals surface area contributed by atoms with E-state index in [-0.39, 0.29) is 12.2 Å². The number of rotatable bonds is 4. The van der Waals surface area contributed by atoms with Crippen molar-refractivity contribution in [1.82, 2.24) is 4.90 Å². The fraction of sp³-hybridized carbons (Fsp3) is 0.235. The van der Waals surface area contributed by atoms with Crippen molar-refractivity contribution in [2.75, 3.05) is 13.1 Å². The van der Waals surface area contributed by atoms with Crippen molar-refractivity contribution in [1.29, 1.82) is 0 Å². The molecule has 0 N–H and O–H groups in total. The number of benzene rings is 2. The number of nitrogens with zero attached hydrogens (tertiary/aromatic N) is 1. The summed E-state index contributed by atoms with van der Waals surface area (Å²) in [5.74, 6) is 0.802. The van der Waals surface area contributed by atoms with E-state index < -0.39 is 0 Å². The lowest BCUT2D eigenvalue weighted by Crippen LogP contribution is -2.56. The Bertz CT molecular complexity index is 641. The molecule has 0 saturated carbocycles. The van der Waals surface area contributed by atoms with Crippen LogP contribution in [0.5, 0.6) is 5.75 Å². The quantitative estimate of drug-likeness (QED) is 0.830. The number of likely N-dealkylation sites (tertiary alicyclic amines) is 1. The lowest BCUT2D eigenvalue weighted by atomic mass is 10.2. The van der Waals surface area contributed by atoms with Crippen molar-refractivity contribution in [2.24, 2.45) is 0 Å². The molecule has 0 radical (unpaired) electrons. The molecule has 1 fully saturated rings. The lowest BCUT2D eigenvalue weighted by Gasteiger charge is -2.38. The minimum Gasteiger partial charge on any atom is -0.487 e. The van der Waals surface area contributed by atoms with E-state index in [1.807, 2.05) is 54.6 Å². The molecule has 0 bridgehead atoms. The third-order valence-corrected chi connectivity index (χ3v) is 3.90. The van der Waals surface area contributed by atoms with Crippen molar-refractivity contribution in [3.05, 3.63) is 64.6 Å². The lowest BCUT2D eigenvalue weighted by molar-refractivity contribution is 0.00867. The fourth-order valence-electron chi connectivity index (χ4n) is 2.21. The highest BCUT2D eigenvalue weighted by atomic mass is 79.9. The Morgan fingerprint density at radius 3 is 2.64 bits per heavy atom. The van der Waals surface area contributed by atoms with Crippen molar-refractivity contribution in [3.63, 3.8) is 0 Å². The number of hydrogen-bond acceptors (Lipinski definition) is 3. The highest BCUT2D eigenvalue weighted by Crippen LogP contribution is 2.22. The smallest absolute Gasteiger partial charge is 0.410 e. The van der Waals surface area contributed by atoms with Gasteiger partial charge in [0.15, 0.2) is 0 Å². The molecule has 3 rings (SSSR count). The number of carbonyl (C=O) groups is 1. The molecule has 114 valence electrons. The summed E-state index contributed by atoms with van der Waals surface area (Å²) in [7, 11) is 0. The van der Waals surface area contributed by atoms with Gasteiger partial charge in [-0.1, -0.05) is 52.3 Å². The highest BCUT2D eigenvalue weighted by molar-refractivity contribution is 9.10. The highest BCUT2D eigenvalue weighted by Gasteiger charge is 2.33. The van der Waals surface area contributed by atoms with Crippen LogP contribution in [-0.4, -0.2) is 30.2 Å². The average molecular weight is 362 g/mol. The predicted molar refractivity (Wildman–Crippen MR) is 86.8 cm³/mol. The maximum Gasteiger partial charge on any atom is 0.410 e. The minimum atomic E-state index is -0.294. The first-order valence-corrected chi connectivity index (χ1v) is 7.88. The number of halogens is 1. The van der Waals surface area contributed by atoms with Gasteiger partial charge in [-0.25, -0.2) is 4.79 Å². The van der Waals surface area contributed by atoms with E-state index >= 15 is 0 Å². The van der Waals surface area contributed by atoms with Crippen molar-refractivity contribution < 1.29 is 14.3 Å². The van der Waals surface area contributed by atoms with E-state index in [1.165, 1.54) is 0 Å². The van der Waals surface area contributed by atoms with Crippen LogP contribution in [0.25, 0.3) is 0 Å². The Hall–Kier alpha value is -2.01. The first kappa shape index (κ1) is 14.9. The van der Waals surface area contributed by atoms with Crippen LogP contribution in [0.3, 0.4) is 0 Å². The topological polar surface area (TPSA) is 38.8 Å². The number of hydrogen-bond donors (Lipinski definition) is 0. The minimum absolute atomic E-state index is 0.0265. The van der Waals surface area contributed by atoms with Gasteiger partial charge in [0.05, 0.1) is 13.1 Å². The van der Waals surface area contributed by atoms with E-state index in [0.29, 0.717) is 19.7 Å². The Labute approximate surface area is 137 Å². The van der Waals surface area contributed by atoms with Gasteiger partial charge in [0.2, 0.25) is 0 Å². The first-order chi connectivity index (χ1) is 10.7. The molecule has 1 saturated heterocycles. The maximum atomic E-state index is 11.9. The van der Waals surface area contributed by atoms with E-state index in [4.69, 9.17) is 9.47 Å². The molecular weight excluding hydrogens is 346 g/mol. The van der Waals surface area contributed by atoms with Crippen molar-refractivity contribution in [3.8, 4) is 5.75 Å². The summed E-state index contributed by atoms with van der Waals surface area (Å²) in [4.78, 5) is 13.5. The molecule has 1 amide bonds. The SMILES string of the molecule is O=C(OCc1ccccc1)N1CC(Oc2cccc(Br)c2)C1. The normalized spacial score (nSPS) is 14.3. The van der Waals surface area contributed by atoms with Crippen molar-refractivity contribution in [2.45, 2.75) is 12.7 Å². The largest absolute Gasteiger partial charge is 0.487 e. The fourth-order valence-corrected chi connectivity index (χ4v) is 2.58. The molecular formula is C17H16BrNO3. The van der Waals surface area contributed by atoms with E-state index in [9.17, 15) is 4.79 Å². The molecule has 22 heavy (non-hydrogen) atoms. The molecule has 5 heteroatoms. The van der Waals surface area contributed by atoms with Crippen LogP contribution in [0, 0.1) is 0 Å². The zero-order valence-electron chi connectivity index (χ0n) is 11.9. The zero-order chi connectivity index (χ0) is 15.4. The van der Waals surface area contributed by atoms with Gasteiger partial charge in [-0.3, -0.25) is 0 Å². The van der Waals surface area contributed by atoms with Crippen molar-refractivity contribution >= 4 is 22.0 Å². The number of carbonyl (C=O) groups excluding carboxylic acids is 1. The molecule has 1 aliphatic rings. The second-order valence-electron chi connectivity index (χ2n) is 5.14. The Morgan fingerprint density at radius 1 is 1.14 bits per heavy atom. The summed E-state index contributed by atoms with van der Waals surface area (Å²) in [6.45, 7) is 1.41. The molecule has 4 nitrogen and oxygen atoms in total. The third kappa shape index (κ3) is 3.80. The molecule has 1 heterocycles. The van der Waals surface area contributed by atoms with Crippen LogP contribution >= 0.6 is 15.9 Å². The maximum absolute atomic E-state index is 11.9. The molecule has 0 spiro atoms. The van der Waals surface area contributed by atoms with Gasteiger partial charge >= 0.3 is 6.09 Å². The summed E-state index contributed by atoms with van der Waals surface area (Å²) in [5, 5.41) is 0. The van der Waals surface area contributed by atoms with Gasteiger partial charge in [0, 0.05) is 4.47 Å². The second-order valence-corrected chi connectivity index (χ2v) is 6.06. The monoisotopic (exact) mass is 361 g/mol. The van der Waals surface area contributed by atoms with Crippen LogP contribution < -0.4 is 4.74 Å². The molecule has 0 atom stereocenters. The molecule has 2 aromatic rings. The standard InChI is InChI=1S/C17H16BrNO3/c18-14-7-4-8-15(9-14)22-16-10-19(11-16)17(20)21-12-13-5-2-1-3-6-13/h1-9,16H,10-12H2. The van der Waals surface area contributed by atoms with Crippen LogP contribution in [0.4, 0.5) is 4.79 Å². The van der Waals surface area contributed by atoms with Gasteiger partial charge < -0.3 is 14.4 Å². The van der Waals surface area contributed by atoms with E-state index in [0.717, 1.165) is 15.8 Å². The van der Waals surface area contributed by atoms with Gasteiger partial charge in [0.1, 0.15) is 18.5 Å². The second kappa shape index (κ2) is 6.83. The summed E-state index contributed by atoms with van der Waals surface area (Å²) in [5.41, 5.74) is 0.985. The summed E-state index contributed by atoms with van der Waals surface area (Å²) in [6, 6.07) is 17.3. The predicted octanol–water partition coefficient (Wildman–Crippen LogP) is 3.85. The van der Waals surface area contributed by atoms with Gasteiger partial charge in [-0.15, -0.1) is 0 Å². The van der Waals surface area contributed by atoms with E-state index in [2.05, 4.69) is 15.9 Å². The molecule has 0 aromatic heterocycles. The van der Waals surface area contributed by atoms with Gasteiger partial charge in [0.25, 0.3) is 0 Å². The van der Waals surface area contributed by atoms with Crippen LogP contribution in [0.1, 0.15) is 5.56 Å². The Morgan fingerprint density at radius 2 is 1.91 bits per heavy atom. The Balaban J connectivity index is 1.42. The summed E-state index contributed by atoms with van der Waals surface area (Å²) in [6.07, 6.45) is -0.267. The summed E-state index contributed by atoms with van der Waals surface area (Å²) < 4.78 is 12.0. The zero-order valence-corrected chi connectivity index (χ0v) is 13.5. The van der Waals surface area contributed by atoms with Crippen LogP contribution in [-0.2, 0) is 11.3 Å². The number of ether oxygens (including phenoxy) is 2.